The molecule has 4 heteroatoms. The Morgan fingerprint density at radius 3 is 1.69 bits per heavy atom. The van der Waals surface area contributed by atoms with E-state index >= 15 is 0 Å². The quantitative estimate of drug-likeness (QED) is 0.192. The van der Waals surface area contributed by atoms with Crippen molar-refractivity contribution >= 4 is 63.8 Å². The van der Waals surface area contributed by atoms with Gasteiger partial charge in [0.05, 0.1) is 0 Å². The van der Waals surface area contributed by atoms with Crippen LogP contribution in [0.25, 0.3) is 97.8 Å². The van der Waals surface area contributed by atoms with E-state index in [9.17, 15) is 0 Å². The highest BCUT2D eigenvalue weighted by Crippen LogP contribution is 2.39. The van der Waals surface area contributed by atoms with Gasteiger partial charge in [-0.15, -0.1) is 11.3 Å². The molecule has 8 aromatic carbocycles. The molecule has 0 aliphatic carbocycles. The van der Waals surface area contributed by atoms with Crippen molar-refractivity contribution in [1.29, 1.82) is 0 Å². The molecule has 0 bridgehead atoms. The lowest BCUT2D eigenvalue weighted by Crippen LogP contribution is -2.01. The lowest BCUT2D eigenvalue weighted by Gasteiger charge is -2.14. The van der Waals surface area contributed by atoms with Crippen LogP contribution in [-0.2, 0) is 0 Å². The first kappa shape index (κ1) is 27.8. The van der Waals surface area contributed by atoms with Gasteiger partial charge in [-0.1, -0.05) is 140 Å². The van der Waals surface area contributed by atoms with Gasteiger partial charge in [-0.3, -0.25) is 0 Å². The minimum absolute atomic E-state index is 0.657. The highest BCUT2D eigenvalue weighted by molar-refractivity contribution is 7.25. The molecule has 0 fully saturated rings. The van der Waals surface area contributed by atoms with Gasteiger partial charge in [0.25, 0.3) is 0 Å². The molecule has 0 saturated heterocycles. The Hall–Kier alpha value is -6.23. The molecule has 0 N–H and O–H groups in total. The number of benzene rings is 8. The predicted molar refractivity (Wildman–Crippen MR) is 207 cm³/mol. The minimum Gasteiger partial charge on any atom is -0.208 e. The zero-order valence-corrected chi connectivity index (χ0v) is 27.2. The Morgan fingerprint density at radius 2 is 0.857 bits per heavy atom. The van der Waals surface area contributed by atoms with Crippen LogP contribution in [-0.4, -0.2) is 15.0 Å². The summed E-state index contributed by atoms with van der Waals surface area (Å²) in [6, 6.07) is 58.1. The zero-order valence-electron chi connectivity index (χ0n) is 26.3. The van der Waals surface area contributed by atoms with Crippen LogP contribution >= 0.6 is 11.3 Å². The topological polar surface area (TPSA) is 38.7 Å². The molecule has 0 radical (unpaired) electrons. The van der Waals surface area contributed by atoms with E-state index < -0.39 is 0 Å². The fourth-order valence-electron chi connectivity index (χ4n) is 7.14. The van der Waals surface area contributed by atoms with E-state index in [-0.39, 0.29) is 0 Å². The summed E-state index contributed by atoms with van der Waals surface area (Å²) in [7, 11) is 0. The number of thiophene rings is 1. The maximum Gasteiger partial charge on any atom is 0.164 e. The van der Waals surface area contributed by atoms with Gasteiger partial charge in [0.2, 0.25) is 0 Å². The van der Waals surface area contributed by atoms with Crippen molar-refractivity contribution in [3.8, 4) is 45.3 Å². The third kappa shape index (κ3) is 4.68. The monoisotopic (exact) mass is 641 g/mol. The molecular weight excluding hydrogens is 615 g/mol. The van der Waals surface area contributed by atoms with Crippen LogP contribution in [0.3, 0.4) is 0 Å². The molecule has 49 heavy (non-hydrogen) atoms. The van der Waals surface area contributed by atoms with Crippen LogP contribution in [0.15, 0.2) is 164 Å². The van der Waals surface area contributed by atoms with Crippen LogP contribution in [0, 0.1) is 0 Å². The van der Waals surface area contributed by atoms with Crippen LogP contribution in [0.2, 0.25) is 0 Å². The number of hydrogen-bond acceptors (Lipinski definition) is 4. The Bertz CT molecular complexity index is 2900. The zero-order chi connectivity index (χ0) is 32.3. The molecule has 0 aliphatic rings. The molecule has 10 aromatic rings. The van der Waals surface area contributed by atoms with Gasteiger partial charge in [-0.05, 0) is 67.7 Å². The third-order valence-corrected chi connectivity index (χ3v) is 10.7. The number of fused-ring (bicyclic) bond motifs is 6. The first-order valence-electron chi connectivity index (χ1n) is 16.4. The Labute approximate surface area is 286 Å². The Kier molecular flexibility index (Phi) is 6.36. The highest BCUT2D eigenvalue weighted by Gasteiger charge is 2.18. The third-order valence-electron chi connectivity index (χ3n) is 9.52. The lowest BCUT2D eigenvalue weighted by atomic mass is 9.92. The van der Waals surface area contributed by atoms with Gasteiger partial charge in [0.1, 0.15) is 0 Å². The van der Waals surface area contributed by atoms with Crippen molar-refractivity contribution in [3.05, 3.63) is 164 Å². The molecule has 2 heterocycles. The van der Waals surface area contributed by atoms with E-state index in [1.807, 2.05) is 0 Å². The first-order chi connectivity index (χ1) is 24.3. The van der Waals surface area contributed by atoms with E-state index in [0.717, 1.165) is 32.8 Å². The van der Waals surface area contributed by atoms with Crippen LogP contribution < -0.4 is 0 Å². The first-order valence-corrected chi connectivity index (χ1v) is 17.3. The van der Waals surface area contributed by atoms with Crippen molar-refractivity contribution < 1.29 is 0 Å². The van der Waals surface area contributed by atoms with Crippen molar-refractivity contribution in [2.24, 2.45) is 0 Å². The fraction of sp³-hybridized carbons (Fsp3) is 0. The lowest BCUT2D eigenvalue weighted by molar-refractivity contribution is 1.08. The SMILES string of the molecule is c1ccc2cc(-c3nc(-c4ccc5c(c4)sc4ccccc45)nc(-c4ccc(-c5cccc6ccccc56)c5ccccc45)n3)ccc2c1. The van der Waals surface area contributed by atoms with Crippen LogP contribution in [0.1, 0.15) is 0 Å². The molecule has 2 aromatic heterocycles. The van der Waals surface area contributed by atoms with Crippen molar-refractivity contribution in [2.75, 3.05) is 0 Å². The average Bonchev–Trinajstić information content (AvgIpc) is 3.55. The van der Waals surface area contributed by atoms with E-state index in [1.54, 1.807) is 11.3 Å². The maximum absolute atomic E-state index is 5.21. The van der Waals surface area contributed by atoms with E-state index in [0.29, 0.717) is 17.5 Å². The largest absolute Gasteiger partial charge is 0.208 e. The molecule has 0 aliphatic heterocycles. The highest BCUT2D eigenvalue weighted by atomic mass is 32.1. The summed E-state index contributed by atoms with van der Waals surface area (Å²) in [6.45, 7) is 0. The summed E-state index contributed by atoms with van der Waals surface area (Å²) in [5.41, 5.74) is 5.32. The second-order valence-electron chi connectivity index (χ2n) is 12.4. The van der Waals surface area contributed by atoms with Crippen molar-refractivity contribution in [3.63, 3.8) is 0 Å². The number of nitrogens with zero attached hydrogens (tertiary/aromatic N) is 3. The minimum atomic E-state index is 0.657. The molecule has 0 spiro atoms. The van der Waals surface area contributed by atoms with E-state index in [2.05, 4.69) is 164 Å². The predicted octanol–water partition coefficient (Wildman–Crippen LogP) is 12.4. The molecule has 0 atom stereocenters. The molecular formula is C45H27N3S. The summed E-state index contributed by atoms with van der Waals surface area (Å²) in [6.07, 6.45) is 0. The average molecular weight is 642 g/mol. The van der Waals surface area contributed by atoms with Gasteiger partial charge < -0.3 is 0 Å². The van der Waals surface area contributed by atoms with Crippen LogP contribution in [0.5, 0.6) is 0 Å². The molecule has 228 valence electrons. The molecule has 0 saturated carbocycles. The summed E-state index contributed by atoms with van der Waals surface area (Å²) >= 11 is 1.80. The van der Waals surface area contributed by atoms with Gasteiger partial charge in [-0.2, -0.15) is 0 Å². The van der Waals surface area contributed by atoms with Gasteiger partial charge >= 0.3 is 0 Å². The summed E-state index contributed by atoms with van der Waals surface area (Å²) in [5.74, 6) is 1.98. The Balaban J connectivity index is 1.20. The van der Waals surface area contributed by atoms with Gasteiger partial charge in [-0.25, -0.2) is 15.0 Å². The normalized spacial score (nSPS) is 11.7. The van der Waals surface area contributed by atoms with Gasteiger partial charge in [0, 0.05) is 36.9 Å². The van der Waals surface area contributed by atoms with Gasteiger partial charge in [0.15, 0.2) is 17.5 Å². The molecule has 0 amide bonds. The summed E-state index contributed by atoms with van der Waals surface area (Å²) in [5, 5.41) is 9.60. The summed E-state index contributed by atoms with van der Waals surface area (Å²) in [4.78, 5) is 15.5. The second kappa shape index (κ2) is 11.2. The second-order valence-corrected chi connectivity index (χ2v) is 13.5. The molecule has 0 unspecified atom stereocenters. The van der Waals surface area contributed by atoms with Crippen LogP contribution in [0.4, 0.5) is 0 Å². The van der Waals surface area contributed by atoms with E-state index in [1.165, 1.54) is 47.5 Å². The summed E-state index contributed by atoms with van der Waals surface area (Å²) < 4.78 is 2.50. The molecule has 3 nitrogen and oxygen atoms in total. The number of hydrogen-bond donors (Lipinski definition) is 0. The molecule has 10 rings (SSSR count). The smallest absolute Gasteiger partial charge is 0.164 e. The van der Waals surface area contributed by atoms with E-state index in [4.69, 9.17) is 15.0 Å². The van der Waals surface area contributed by atoms with Crippen molar-refractivity contribution in [1.82, 2.24) is 15.0 Å². The Morgan fingerprint density at radius 1 is 0.306 bits per heavy atom. The standard InChI is InChI=1S/C45H27N3S/c1-2-12-30-26-31(21-20-28(30)10-1)43-46-44(32-22-23-39-38-17-7-8-19-41(38)49-42(39)27-32)48-45(47-43)40-25-24-37(35-15-5-6-16-36(35)40)34-18-9-13-29-11-3-4-14-33(29)34/h1-27H. The maximum atomic E-state index is 5.21. The fourth-order valence-corrected chi connectivity index (χ4v) is 8.28. The number of rotatable bonds is 4. The van der Waals surface area contributed by atoms with Crippen molar-refractivity contribution in [2.45, 2.75) is 0 Å². The number of aromatic nitrogens is 3.